The number of sulfonamides is 1. The van der Waals surface area contributed by atoms with Crippen molar-refractivity contribution >= 4 is 21.4 Å². The Morgan fingerprint density at radius 3 is 2.77 bits per heavy atom. The van der Waals surface area contributed by atoms with Crippen molar-refractivity contribution in [3.05, 3.63) is 17.0 Å². The Kier molecular flexibility index (Phi) is 3.06. The summed E-state index contributed by atoms with van der Waals surface area (Å²) in [5.74, 6) is 4.98. The summed E-state index contributed by atoms with van der Waals surface area (Å²) < 4.78 is 21.7. The van der Waals surface area contributed by atoms with Gasteiger partial charge in [-0.3, -0.25) is 0 Å². The summed E-state index contributed by atoms with van der Waals surface area (Å²) in [5.41, 5.74) is 0.545. The van der Waals surface area contributed by atoms with Crippen LogP contribution in [0.1, 0.15) is 5.56 Å². The van der Waals surface area contributed by atoms with Crippen molar-refractivity contribution in [1.82, 2.24) is 0 Å². The molecule has 0 aliphatic rings. The van der Waals surface area contributed by atoms with Crippen LogP contribution in [0.3, 0.4) is 0 Å². The Bertz CT molecular complexity index is 450. The minimum atomic E-state index is -3.62. The van der Waals surface area contributed by atoms with Crippen LogP contribution in [0.25, 0.3) is 0 Å². The van der Waals surface area contributed by atoms with E-state index < -0.39 is 10.0 Å². The third-order valence-electron chi connectivity index (χ3n) is 1.17. The van der Waals surface area contributed by atoms with Gasteiger partial charge >= 0.3 is 0 Å². The number of aliphatic hydroxyl groups is 1. The van der Waals surface area contributed by atoms with Crippen LogP contribution in [0, 0.1) is 11.8 Å². The van der Waals surface area contributed by atoms with Crippen LogP contribution >= 0.6 is 11.3 Å². The van der Waals surface area contributed by atoms with Crippen LogP contribution < -0.4 is 5.14 Å². The standard InChI is InChI=1S/C7H7NO3S2/c8-13(10,11)7-4-6(5-12-7)2-1-3-9/h4-5,9H,3H2,(H2,8,10,11). The molecule has 4 nitrogen and oxygen atoms in total. The molecule has 0 saturated carbocycles. The molecular weight excluding hydrogens is 210 g/mol. The predicted molar refractivity (Wildman–Crippen MR) is 49.7 cm³/mol. The van der Waals surface area contributed by atoms with E-state index in [4.69, 9.17) is 10.2 Å². The van der Waals surface area contributed by atoms with Gasteiger partial charge in [0.2, 0.25) is 10.0 Å². The molecule has 1 aromatic heterocycles. The van der Waals surface area contributed by atoms with Crippen LogP contribution in [-0.2, 0) is 10.0 Å². The van der Waals surface area contributed by atoms with Gasteiger partial charge in [-0.05, 0) is 6.07 Å². The molecule has 0 radical (unpaired) electrons. The van der Waals surface area contributed by atoms with Crippen LogP contribution in [0.2, 0.25) is 0 Å². The van der Waals surface area contributed by atoms with Gasteiger partial charge in [0.05, 0.1) is 0 Å². The average molecular weight is 217 g/mol. The van der Waals surface area contributed by atoms with Crippen LogP contribution in [-0.4, -0.2) is 20.1 Å². The number of rotatable bonds is 1. The molecule has 0 saturated heterocycles. The molecule has 1 heterocycles. The van der Waals surface area contributed by atoms with E-state index in [9.17, 15) is 8.42 Å². The first-order chi connectivity index (χ1) is 6.04. The summed E-state index contributed by atoms with van der Waals surface area (Å²) in [6.45, 7) is -0.249. The van der Waals surface area contributed by atoms with Crippen LogP contribution in [0.4, 0.5) is 0 Å². The topological polar surface area (TPSA) is 80.4 Å². The quantitative estimate of drug-likeness (QED) is 0.636. The summed E-state index contributed by atoms with van der Waals surface area (Å²) in [6, 6.07) is 1.38. The maximum absolute atomic E-state index is 10.8. The van der Waals surface area contributed by atoms with Crippen LogP contribution in [0.5, 0.6) is 0 Å². The molecule has 0 unspecified atom stereocenters. The van der Waals surface area contributed by atoms with E-state index in [1.807, 2.05) is 0 Å². The second-order valence-corrected chi connectivity index (χ2v) is 4.86. The summed E-state index contributed by atoms with van der Waals surface area (Å²) in [7, 11) is -3.62. The molecule has 1 rings (SSSR count). The van der Waals surface area contributed by atoms with Gasteiger partial charge < -0.3 is 5.11 Å². The van der Waals surface area contributed by atoms with E-state index in [0.717, 1.165) is 11.3 Å². The fourth-order valence-corrected chi connectivity index (χ4v) is 2.21. The van der Waals surface area contributed by atoms with E-state index in [-0.39, 0.29) is 10.8 Å². The molecule has 0 bridgehead atoms. The molecule has 3 N–H and O–H groups in total. The smallest absolute Gasteiger partial charge is 0.247 e. The van der Waals surface area contributed by atoms with Crippen molar-refractivity contribution < 1.29 is 13.5 Å². The van der Waals surface area contributed by atoms with Crippen molar-refractivity contribution in [3.8, 4) is 11.8 Å². The third-order valence-corrected chi connectivity index (χ3v) is 3.55. The highest BCUT2D eigenvalue weighted by atomic mass is 32.2. The third kappa shape index (κ3) is 2.82. The van der Waals surface area contributed by atoms with Gasteiger partial charge in [-0.15, -0.1) is 11.3 Å². The maximum atomic E-state index is 10.8. The van der Waals surface area contributed by atoms with E-state index in [1.54, 1.807) is 5.38 Å². The van der Waals surface area contributed by atoms with Crippen molar-refractivity contribution in [3.63, 3.8) is 0 Å². The van der Waals surface area contributed by atoms with E-state index in [2.05, 4.69) is 11.8 Å². The Labute approximate surface area is 80.1 Å². The lowest BCUT2D eigenvalue weighted by atomic mass is 10.3. The minimum Gasteiger partial charge on any atom is -0.384 e. The molecule has 0 aliphatic carbocycles. The van der Waals surface area contributed by atoms with Crippen molar-refractivity contribution in [2.24, 2.45) is 5.14 Å². The first-order valence-electron chi connectivity index (χ1n) is 3.25. The molecule has 0 aliphatic heterocycles. The Balaban J connectivity index is 3.01. The summed E-state index contributed by atoms with van der Waals surface area (Å²) in [5, 5.41) is 14.8. The minimum absolute atomic E-state index is 0.0785. The molecule has 6 heteroatoms. The second kappa shape index (κ2) is 3.89. The molecule has 0 aromatic carbocycles. The number of aliphatic hydroxyl groups excluding tert-OH is 1. The van der Waals surface area contributed by atoms with Crippen molar-refractivity contribution in [2.45, 2.75) is 4.21 Å². The largest absolute Gasteiger partial charge is 0.384 e. The normalized spacial score (nSPS) is 10.6. The number of hydrogen-bond acceptors (Lipinski definition) is 4. The first-order valence-corrected chi connectivity index (χ1v) is 5.67. The highest BCUT2D eigenvalue weighted by molar-refractivity contribution is 7.91. The molecule has 13 heavy (non-hydrogen) atoms. The lowest BCUT2D eigenvalue weighted by Gasteiger charge is -1.87. The zero-order chi connectivity index (χ0) is 9.90. The van der Waals surface area contributed by atoms with Crippen LogP contribution in [0.15, 0.2) is 15.7 Å². The Morgan fingerprint density at radius 1 is 1.62 bits per heavy atom. The van der Waals surface area contributed by atoms with Gasteiger partial charge in [0.25, 0.3) is 0 Å². The number of thiophene rings is 1. The van der Waals surface area contributed by atoms with Crippen molar-refractivity contribution in [2.75, 3.05) is 6.61 Å². The lowest BCUT2D eigenvalue weighted by Crippen LogP contribution is -2.09. The zero-order valence-electron chi connectivity index (χ0n) is 6.52. The van der Waals surface area contributed by atoms with Gasteiger partial charge in [0, 0.05) is 10.9 Å². The predicted octanol–water partition coefficient (Wildman–Crippen LogP) is -0.261. The average Bonchev–Trinajstić information content (AvgIpc) is 2.47. The lowest BCUT2D eigenvalue weighted by molar-refractivity contribution is 0.350. The molecule has 70 valence electrons. The summed E-state index contributed by atoms with van der Waals surface area (Å²) >= 11 is 1.01. The number of hydrogen-bond donors (Lipinski definition) is 2. The van der Waals surface area contributed by atoms with Gasteiger partial charge in [0.15, 0.2) is 0 Å². The Hall–Kier alpha value is -0.870. The molecular formula is C7H7NO3S2. The maximum Gasteiger partial charge on any atom is 0.247 e. The molecule has 0 amide bonds. The Morgan fingerprint density at radius 2 is 2.31 bits per heavy atom. The zero-order valence-corrected chi connectivity index (χ0v) is 8.15. The highest BCUT2D eigenvalue weighted by Crippen LogP contribution is 2.17. The molecule has 0 atom stereocenters. The van der Waals surface area contributed by atoms with Gasteiger partial charge in [-0.2, -0.15) is 0 Å². The van der Waals surface area contributed by atoms with E-state index in [1.165, 1.54) is 6.07 Å². The SMILES string of the molecule is NS(=O)(=O)c1cc(C#CCO)cs1. The van der Waals surface area contributed by atoms with Crippen molar-refractivity contribution in [1.29, 1.82) is 0 Å². The molecule has 0 spiro atoms. The summed E-state index contributed by atoms with van der Waals surface area (Å²) in [6.07, 6.45) is 0. The number of primary sulfonamides is 1. The summed E-state index contributed by atoms with van der Waals surface area (Å²) in [4.78, 5) is 0. The monoisotopic (exact) mass is 217 g/mol. The second-order valence-electron chi connectivity index (χ2n) is 2.16. The van der Waals surface area contributed by atoms with Gasteiger partial charge in [0.1, 0.15) is 10.8 Å². The van der Waals surface area contributed by atoms with Gasteiger partial charge in [-0.25, -0.2) is 13.6 Å². The number of nitrogens with two attached hydrogens (primary N) is 1. The molecule has 0 fully saturated rings. The van der Waals surface area contributed by atoms with Gasteiger partial charge in [-0.1, -0.05) is 11.8 Å². The first kappa shape index (κ1) is 10.2. The molecule has 1 aromatic rings. The van der Waals surface area contributed by atoms with E-state index >= 15 is 0 Å². The van der Waals surface area contributed by atoms with E-state index in [0.29, 0.717) is 5.56 Å². The highest BCUT2D eigenvalue weighted by Gasteiger charge is 2.09. The fraction of sp³-hybridized carbons (Fsp3) is 0.143. The fourth-order valence-electron chi connectivity index (χ4n) is 0.673.